The van der Waals surface area contributed by atoms with Gasteiger partial charge in [0.25, 0.3) is 5.91 Å². The molecule has 0 bridgehead atoms. The molecule has 8 nitrogen and oxygen atoms in total. The van der Waals surface area contributed by atoms with E-state index in [1.807, 2.05) is 13.8 Å². The van der Waals surface area contributed by atoms with Crippen LogP contribution in [-0.2, 0) is 9.59 Å². The van der Waals surface area contributed by atoms with Crippen molar-refractivity contribution in [1.29, 1.82) is 5.26 Å². The highest BCUT2D eigenvalue weighted by molar-refractivity contribution is 5.92. The molecular weight excluding hydrogens is 372 g/mol. The van der Waals surface area contributed by atoms with Crippen LogP contribution in [0, 0.1) is 17.2 Å². The first-order valence-corrected chi connectivity index (χ1v) is 9.55. The molecule has 1 aromatic carbocycles. The standard InChI is InChI=1S/C21H28N4O4/c1-15(2)17(13-22)24-8-10-25(11-9-24)21(27)7-5-16-4-6-18(19(12-16)28-3)29-14-20(23)26/h4-7,12,15,17H,8-11,14H2,1-3H3,(H2,23,26)/b7-5+. The molecule has 8 heteroatoms. The highest BCUT2D eigenvalue weighted by Gasteiger charge is 2.26. The van der Waals surface area contributed by atoms with Crippen molar-refractivity contribution in [3.63, 3.8) is 0 Å². The molecule has 29 heavy (non-hydrogen) atoms. The van der Waals surface area contributed by atoms with Crippen LogP contribution >= 0.6 is 0 Å². The average Bonchev–Trinajstić information content (AvgIpc) is 2.71. The molecule has 0 aliphatic carbocycles. The lowest BCUT2D eigenvalue weighted by Crippen LogP contribution is -2.52. The van der Waals surface area contributed by atoms with Crippen molar-refractivity contribution in [1.82, 2.24) is 9.80 Å². The number of rotatable bonds is 8. The van der Waals surface area contributed by atoms with Gasteiger partial charge in [-0.2, -0.15) is 5.26 Å². The zero-order valence-corrected chi connectivity index (χ0v) is 17.1. The molecule has 2 N–H and O–H groups in total. The van der Waals surface area contributed by atoms with Gasteiger partial charge >= 0.3 is 0 Å². The number of piperazine rings is 1. The minimum Gasteiger partial charge on any atom is -0.493 e. The number of amides is 2. The summed E-state index contributed by atoms with van der Waals surface area (Å²) in [5, 5.41) is 9.33. The zero-order valence-electron chi connectivity index (χ0n) is 17.1. The second kappa shape index (κ2) is 10.5. The van der Waals surface area contributed by atoms with E-state index >= 15 is 0 Å². The molecule has 1 aliphatic heterocycles. The molecule has 1 aromatic rings. The van der Waals surface area contributed by atoms with E-state index in [0.717, 1.165) is 5.56 Å². The third-order valence-corrected chi connectivity index (χ3v) is 4.76. The van der Waals surface area contributed by atoms with Crippen molar-refractivity contribution in [2.45, 2.75) is 19.9 Å². The molecule has 0 saturated carbocycles. The van der Waals surface area contributed by atoms with Gasteiger partial charge in [-0.05, 0) is 29.7 Å². The molecule has 1 fully saturated rings. The van der Waals surface area contributed by atoms with Gasteiger partial charge in [-0.15, -0.1) is 0 Å². The SMILES string of the molecule is COc1cc(/C=C/C(=O)N2CCN(C(C#N)C(C)C)CC2)ccc1OCC(N)=O. The molecule has 2 rings (SSSR count). The summed E-state index contributed by atoms with van der Waals surface area (Å²) in [6.07, 6.45) is 3.24. The smallest absolute Gasteiger partial charge is 0.255 e. The lowest BCUT2D eigenvalue weighted by atomic mass is 10.0. The van der Waals surface area contributed by atoms with Crippen molar-refractivity contribution < 1.29 is 19.1 Å². The fourth-order valence-electron chi connectivity index (χ4n) is 3.20. The molecular formula is C21H28N4O4. The first-order chi connectivity index (χ1) is 13.8. The quantitative estimate of drug-likeness (QED) is 0.658. The van der Waals surface area contributed by atoms with Crippen LogP contribution in [0.15, 0.2) is 24.3 Å². The predicted molar refractivity (Wildman–Crippen MR) is 109 cm³/mol. The topological polar surface area (TPSA) is 109 Å². The minimum absolute atomic E-state index is 0.0734. The van der Waals surface area contributed by atoms with E-state index in [4.69, 9.17) is 15.2 Å². The molecule has 1 atom stereocenters. The van der Waals surface area contributed by atoms with Gasteiger partial charge in [0, 0.05) is 32.3 Å². The number of ether oxygens (including phenoxy) is 2. The van der Waals surface area contributed by atoms with Gasteiger partial charge in [-0.3, -0.25) is 14.5 Å². The number of primary amides is 1. The maximum Gasteiger partial charge on any atom is 0.255 e. The van der Waals surface area contributed by atoms with Crippen molar-refractivity contribution in [3.8, 4) is 17.6 Å². The third-order valence-electron chi connectivity index (χ3n) is 4.76. The number of hydrogen-bond acceptors (Lipinski definition) is 6. The van der Waals surface area contributed by atoms with Gasteiger partial charge < -0.3 is 20.1 Å². The summed E-state index contributed by atoms with van der Waals surface area (Å²) in [5.41, 5.74) is 5.85. The highest BCUT2D eigenvalue weighted by Crippen LogP contribution is 2.28. The Hall–Kier alpha value is -3.05. The van der Waals surface area contributed by atoms with Gasteiger partial charge in [-0.1, -0.05) is 19.9 Å². The first kappa shape index (κ1) is 22.2. The Balaban J connectivity index is 1.95. The average molecular weight is 400 g/mol. The first-order valence-electron chi connectivity index (χ1n) is 9.55. The maximum atomic E-state index is 12.5. The predicted octanol–water partition coefficient (Wildman–Crippen LogP) is 1.26. The molecule has 1 saturated heterocycles. The van der Waals surface area contributed by atoms with Crippen molar-refractivity contribution in [2.75, 3.05) is 39.9 Å². The van der Waals surface area contributed by atoms with Crippen LogP contribution in [0.2, 0.25) is 0 Å². The van der Waals surface area contributed by atoms with Crippen molar-refractivity contribution >= 4 is 17.9 Å². The van der Waals surface area contributed by atoms with Gasteiger partial charge in [0.15, 0.2) is 18.1 Å². The van der Waals surface area contributed by atoms with Crippen LogP contribution in [0.4, 0.5) is 0 Å². The lowest BCUT2D eigenvalue weighted by molar-refractivity contribution is -0.128. The van der Waals surface area contributed by atoms with Crippen LogP contribution in [0.5, 0.6) is 11.5 Å². The van der Waals surface area contributed by atoms with E-state index in [1.54, 1.807) is 29.2 Å². The summed E-state index contributed by atoms with van der Waals surface area (Å²) < 4.78 is 10.6. The number of nitrogens with two attached hydrogens (primary N) is 1. The van der Waals surface area contributed by atoms with E-state index in [2.05, 4.69) is 11.0 Å². The molecule has 0 aromatic heterocycles. The molecule has 0 spiro atoms. The van der Waals surface area contributed by atoms with Gasteiger partial charge in [0.1, 0.15) is 6.04 Å². The number of nitrogens with zero attached hydrogens (tertiary/aromatic N) is 3. The molecule has 2 amide bonds. The number of benzene rings is 1. The summed E-state index contributed by atoms with van der Waals surface area (Å²) in [6, 6.07) is 7.38. The summed E-state index contributed by atoms with van der Waals surface area (Å²) in [5.74, 6) is 0.466. The highest BCUT2D eigenvalue weighted by atomic mass is 16.5. The molecule has 1 heterocycles. The third kappa shape index (κ3) is 6.22. The number of carbonyl (C=O) groups is 2. The molecule has 156 valence electrons. The number of carbonyl (C=O) groups excluding carboxylic acids is 2. The largest absolute Gasteiger partial charge is 0.493 e. The normalized spacial score (nSPS) is 15.9. The summed E-state index contributed by atoms with van der Waals surface area (Å²) in [7, 11) is 1.50. The van der Waals surface area contributed by atoms with E-state index in [0.29, 0.717) is 37.7 Å². The van der Waals surface area contributed by atoms with E-state index < -0.39 is 5.91 Å². The van der Waals surface area contributed by atoms with Crippen molar-refractivity contribution in [2.24, 2.45) is 11.7 Å². The fraction of sp³-hybridized carbons (Fsp3) is 0.476. The lowest BCUT2D eigenvalue weighted by Gasteiger charge is -2.37. The van der Waals surface area contributed by atoms with E-state index in [9.17, 15) is 14.9 Å². The monoisotopic (exact) mass is 400 g/mol. The number of methoxy groups -OCH3 is 1. The number of hydrogen-bond donors (Lipinski definition) is 1. The summed E-state index contributed by atoms with van der Waals surface area (Å²) in [6.45, 7) is 6.40. The van der Waals surface area contributed by atoms with Gasteiger partial charge in [0.2, 0.25) is 5.91 Å². The van der Waals surface area contributed by atoms with E-state index in [1.165, 1.54) is 13.2 Å². The van der Waals surface area contributed by atoms with Gasteiger partial charge in [0.05, 0.1) is 13.2 Å². The Morgan fingerprint density at radius 1 is 1.24 bits per heavy atom. The maximum absolute atomic E-state index is 12.5. The van der Waals surface area contributed by atoms with E-state index in [-0.39, 0.29) is 24.5 Å². The van der Waals surface area contributed by atoms with Crippen LogP contribution in [-0.4, -0.2) is 67.6 Å². The fourth-order valence-corrected chi connectivity index (χ4v) is 3.20. The van der Waals surface area contributed by atoms with Crippen molar-refractivity contribution in [3.05, 3.63) is 29.8 Å². The van der Waals surface area contributed by atoms with Crippen LogP contribution in [0.25, 0.3) is 6.08 Å². The minimum atomic E-state index is -0.573. The van der Waals surface area contributed by atoms with Crippen LogP contribution in [0.3, 0.4) is 0 Å². The number of nitriles is 1. The Kier molecular flexibility index (Phi) is 8.04. The summed E-state index contributed by atoms with van der Waals surface area (Å²) >= 11 is 0. The Morgan fingerprint density at radius 3 is 2.48 bits per heavy atom. The summed E-state index contributed by atoms with van der Waals surface area (Å²) in [4.78, 5) is 27.3. The van der Waals surface area contributed by atoms with Gasteiger partial charge in [-0.25, -0.2) is 0 Å². The Labute approximate surface area is 171 Å². The Bertz CT molecular complexity index is 792. The second-order valence-electron chi connectivity index (χ2n) is 7.18. The van der Waals surface area contributed by atoms with Crippen LogP contribution in [0.1, 0.15) is 19.4 Å². The molecule has 0 radical (unpaired) electrons. The molecule has 1 aliphatic rings. The second-order valence-corrected chi connectivity index (χ2v) is 7.18. The van der Waals surface area contributed by atoms with Crippen LogP contribution < -0.4 is 15.2 Å². The molecule has 1 unspecified atom stereocenters. The Morgan fingerprint density at radius 2 is 1.93 bits per heavy atom. The zero-order chi connectivity index (χ0) is 21.4.